The molecule has 0 radical (unpaired) electrons. The van der Waals surface area contributed by atoms with Gasteiger partial charge in [0, 0.05) is 62.2 Å². The molecular weight excluding hydrogens is 517 g/mol. The summed E-state index contributed by atoms with van der Waals surface area (Å²) in [5, 5.41) is 6.43. The summed E-state index contributed by atoms with van der Waals surface area (Å²) < 4.78 is 37.9. The van der Waals surface area contributed by atoms with Crippen LogP contribution in [0.3, 0.4) is 0 Å². The van der Waals surface area contributed by atoms with Gasteiger partial charge >= 0.3 is 0 Å². The van der Waals surface area contributed by atoms with Gasteiger partial charge in [-0.05, 0) is 31.0 Å². The summed E-state index contributed by atoms with van der Waals surface area (Å²) in [6.07, 6.45) is 1.82. The second-order valence-corrected chi connectivity index (χ2v) is 7.14. The lowest BCUT2D eigenvalue weighted by molar-refractivity contribution is 0.393. The predicted molar refractivity (Wildman–Crippen MR) is 130 cm³/mol. The molecule has 2 N–H and O–H groups in total. The Morgan fingerprint density at radius 3 is 2.29 bits per heavy atom. The molecule has 0 atom stereocenters. The van der Waals surface area contributed by atoms with Gasteiger partial charge in [0.2, 0.25) is 0 Å². The molecule has 2 aromatic rings. The third-order valence-electron chi connectivity index (χ3n) is 5.21. The van der Waals surface area contributed by atoms with E-state index in [2.05, 4.69) is 20.5 Å². The molecule has 1 aliphatic rings. The molecule has 0 unspecified atom stereocenters. The molecule has 1 heterocycles. The number of nitrogens with zero attached hydrogens (tertiary/aromatic N) is 2. The van der Waals surface area contributed by atoms with Crippen LogP contribution in [0.1, 0.15) is 18.4 Å². The molecule has 31 heavy (non-hydrogen) atoms. The average molecular weight is 546 g/mol. The summed E-state index contributed by atoms with van der Waals surface area (Å²) >= 11 is 0. The Balaban J connectivity index is 0.00000341. The van der Waals surface area contributed by atoms with Crippen molar-refractivity contribution in [3.63, 3.8) is 0 Å². The van der Waals surface area contributed by atoms with Crippen molar-refractivity contribution in [3.8, 4) is 11.5 Å². The van der Waals surface area contributed by atoms with E-state index >= 15 is 0 Å². The number of hydrogen-bond donors (Lipinski definition) is 2. The second kappa shape index (κ2) is 11.9. The van der Waals surface area contributed by atoms with Crippen molar-refractivity contribution in [2.45, 2.75) is 25.4 Å². The third kappa shape index (κ3) is 6.84. The summed E-state index contributed by atoms with van der Waals surface area (Å²) in [6, 6.07) is 9.53. The first-order chi connectivity index (χ1) is 14.5. The van der Waals surface area contributed by atoms with Crippen molar-refractivity contribution in [1.29, 1.82) is 0 Å². The van der Waals surface area contributed by atoms with Crippen LogP contribution >= 0.6 is 24.0 Å². The van der Waals surface area contributed by atoms with Crippen LogP contribution in [0.2, 0.25) is 0 Å². The lowest BCUT2D eigenvalue weighted by Gasteiger charge is -2.34. The number of rotatable bonds is 6. The number of hydrogen-bond acceptors (Lipinski definition) is 4. The maximum absolute atomic E-state index is 13.8. The van der Waals surface area contributed by atoms with Crippen LogP contribution < -0.4 is 25.0 Å². The first kappa shape index (κ1) is 25.0. The number of piperidine rings is 1. The van der Waals surface area contributed by atoms with E-state index in [1.54, 1.807) is 21.3 Å². The smallest absolute Gasteiger partial charge is 0.191 e. The monoisotopic (exact) mass is 546 g/mol. The van der Waals surface area contributed by atoms with Crippen LogP contribution in [0.15, 0.2) is 41.4 Å². The number of methoxy groups -OCH3 is 2. The van der Waals surface area contributed by atoms with Crippen LogP contribution in [0.5, 0.6) is 11.5 Å². The van der Waals surface area contributed by atoms with E-state index in [0.717, 1.165) is 55.3 Å². The highest BCUT2D eigenvalue weighted by Gasteiger charge is 2.21. The highest BCUT2D eigenvalue weighted by molar-refractivity contribution is 14.0. The zero-order valence-corrected chi connectivity index (χ0v) is 20.3. The van der Waals surface area contributed by atoms with Gasteiger partial charge in [-0.2, -0.15) is 0 Å². The van der Waals surface area contributed by atoms with Crippen LogP contribution in [0.25, 0.3) is 0 Å². The Hall–Kier alpha value is -2.30. The summed E-state index contributed by atoms with van der Waals surface area (Å²) in [5.74, 6) is 1.19. The van der Waals surface area contributed by atoms with Crippen LogP contribution in [-0.2, 0) is 6.54 Å². The van der Waals surface area contributed by atoms with Crippen LogP contribution in [-0.4, -0.2) is 46.4 Å². The van der Waals surface area contributed by atoms with E-state index in [1.165, 1.54) is 6.07 Å². The Labute approximate surface area is 199 Å². The maximum atomic E-state index is 13.8. The number of aliphatic imine (C=N–C) groups is 1. The van der Waals surface area contributed by atoms with Crippen molar-refractivity contribution in [1.82, 2.24) is 10.6 Å². The molecule has 3 rings (SSSR count). The van der Waals surface area contributed by atoms with Crippen molar-refractivity contribution >= 4 is 35.6 Å². The number of halogens is 3. The van der Waals surface area contributed by atoms with Gasteiger partial charge < -0.3 is 25.0 Å². The predicted octanol–water partition coefficient (Wildman–Crippen LogP) is 3.93. The zero-order chi connectivity index (χ0) is 21.5. The molecule has 0 aromatic heterocycles. The Kier molecular flexibility index (Phi) is 9.60. The lowest BCUT2D eigenvalue weighted by atomic mass is 10.0. The molecular formula is C22H29F2IN4O2. The van der Waals surface area contributed by atoms with Gasteiger partial charge in [0.25, 0.3) is 0 Å². The third-order valence-corrected chi connectivity index (χ3v) is 5.21. The molecule has 2 aromatic carbocycles. The normalized spacial score (nSPS) is 14.6. The summed E-state index contributed by atoms with van der Waals surface area (Å²) in [6.45, 7) is 1.89. The molecule has 0 spiro atoms. The SMILES string of the molecule is CN=C(NCc1cc(F)ccc1F)NC1CCN(c2cc(OC)cc(OC)c2)CC1.I. The summed E-state index contributed by atoms with van der Waals surface area (Å²) in [7, 11) is 4.95. The molecule has 170 valence electrons. The van der Waals surface area contributed by atoms with Gasteiger partial charge in [0.15, 0.2) is 5.96 Å². The molecule has 6 nitrogen and oxygen atoms in total. The van der Waals surface area contributed by atoms with E-state index in [1.807, 2.05) is 18.2 Å². The van der Waals surface area contributed by atoms with Gasteiger partial charge in [0.05, 0.1) is 14.2 Å². The fourth-order valence-corrected chi connectivity index (χ4v) is 3.50. The fraction of sp³-hybridized carbons (Fsp3) is 0.409. The minimum Gasteiger partial charge on any atom is -0.497 e. The second-order valence-electron chi connectivity index (χ2n) is 7.14. The quantitative estimate of drug-likeness (QED) is 0.327. The van der Waals surface area contributed by atoms with Crippen molar-refractivity contribution in [3.05, 3.63) is 53.6 Å². The van der Waals surface area contributed by atoms with Crippen LogP contribution in [0, 0.1) is 11.6 Å². The summed E-state index contributed by atoms with van der Waals surface area (Å²) in [5.41, 5.74) is 1.33. The maximum Gasteiger partial charge on any atom is 0.191 e. The first-order valence-electron chi connectivity index (χ1n) is 9.91. The molecule has 0 amide bonds. The minimum absolute atomic E-state index is 0. The van der Waals surface area contributed by atoms with Gasteiger partial charge in [0.1, 0.15) is 23.1 Å². The first-order valence-corrected chi connectivity index (χ1v) is 9.91. The van der Waals surface area contributed by atoms with E-state index < -0.39 is 11.6 Å². The molecule has 0 aliphatic carbocycles. The number of anilines is 1. The van der Waals surface area contributed by atoms with E-state index in [4.69, 9.17) is 9.47 Å². The number of benzene rings is 2. The lowest BCUT2D eigenvalue weighted by Crippen LogP contribution is -2.48. The molecule has 0 saturated carbocycles. The van der Waals surface area contributed by atoms with Gasteiger partial charge in [-0.15, -0.1) is 24.0 Å². The van der Waals surface area contributed by atoms with E-state index in [0.29, 0.717) is 5.96 Å². The highest BCUT2D eigenvalue weighted by Crippen LogP contribution is 2.30. The number of nitrogens with one attached hydrogen (secondary N) is 2. The van der Waals surface area contributed by atoms with Gasteiger partial charge in [-0.3, -0.25) is 4.99 Å². The van der Waals surface area contributed by atoms with E-state index in [9.17, 15) is 8.78 Å². The number of guanidine groups is 1. The fourth-order valence-electron chi connectivity index (χ4n) is 3.50. The highest BCUT2D eigenvalue weighted by atomic mass is 127. The zero-order valence-electron chi connectivity index (χ0n) is 18.0. The number of ether oxygens (including phenoxy) is 2. The van der Waals surface area contributed by atoms with Gasteiger partial charge in [-0.1, -0.05) is 0 Å². The molecule has 0 bridgehead atoms. The Bertz CT molecular complexity index is 868. The summed E-state index contributed by atoms with van der Waals surface area (Å²) in [4.78, 5) is 6.50. The van der Waals surface area contributed by atoms with Gasteiger partial charge in [-0.25, -0.2) is 8.78 Å². The Morgan fingerprint density at radius 1 is 1.06 bits per heavy atom. The molecule has 1 saturated heterocycles. The van der Waals surface area contributed by atoms with Crippen LogP contribution in [0.4, 0.5) is 14.5 Å². The van der Waals surface area contributed by atoms with Crippen molar-refractivity contribution in [2.24, 2.45) is 4.99 Å². The standard InChI is InChI=1S/C22H28F2N4O2.HI/c1-25-22(26-14-15-10-16(23)4-5-21(15)24)27-17-6-8-28(9-7-17)18-11-19(29-2)13-20(12-18)30-3;/h4-5,10-13,17H,6-9,14H2,1-3H3,(H2,25,26,27);1H. The van der Waals surface area contributed by atoms with Crippen molar-refractivity contribution in [2.75, 3.05) is 39.3 Å². The van der Waals surface area contributed by atoms with E-state index in [-0.39, 0.29) is 42.1 Å². The Morgan fingerprint density at radius 2 is 1.71 bits per heavy atom. The molecule has 1 aliphatic heterocycles. The van der Waals surface area contributed by atoms with Crippen molar-refractivity contribution < 1.29 is 18.3 Å². The topological polar surface area (TPSA) is 58.1 Å². The minimum atomic E-state index is -0.460. The average Bonchev–Trinajstić information content (AvgIpc) is 2.78. The molecule has 1 fully saturated rings. The largest absolute Gasteiger partial charge is 0.497 e. The molecule has 9 heteroatoms.